The Balaban J connectivity index is 1.57. The number of ether oxygens (including phenoxy) is 2. The molecule has 2 aromatic carbocycles. The van der Waals surface area contributed by atoms with Crippen LogP contribution < -0.4 is 9.64 Å². The number of anilines is 1. The van der Waals surface area contributed by atoms with Crippen LogP contribution in [0.15, 0.2) is 54.6 Å². The minimum atomic E-state index is -0.420. The molecule has 0 radical (unpaired) electrons. The monoisotopic (exact) mass is 325 g/mol. The highest BCUT2D eigenvalue weighted by Crippen LogP contribution is 2.25. The SMILES string of the molecule is COc1ccc(COC(=O)C2CC(=O)N(c3ccccc3)C2)cc1. The molecule has 0 bridgehead atoms. The lowest BCUT2D eigenvalue weighted by Crippen LogP contribution is -2.26. The van der Waals surface area contributed by atoms with Crippen molar-refractivity contribution in [2.75, 3.05) is 18.6 Å². The molecule has 0 N–H and O–H groups in total. The first kappa shape index (κ1) is 16.1. The molecule has 2 aromatic rings. The van der Waals surface area contributed by atoms with Crippen LogP contribution in [0.25, 0.3) is 0 Å². The quantitative estimate of drug-likeness (QED) is 0.793. The molecule has 0 aliphatic carbocycles. The van der Waals surface area contributed by atoms with Crippen molar-refractivity contribution < 1.29 is 19.1 Å². The fraction of sp³-hybridized carbons (Fsp3) is 0.263. The summed E-state index contributed by atoms with van der Waals surface area (Å²) in [5.41, 5.74) is 1.70. The predicted molar refractivity (Wildman–Crippen MR) is 89.7 cm³/mol. The summed E-state index contributed by atoms with van der Waals surface area (Å²) in [5, 5.41) is 0. The first-order valence-electron chi connectivity index (χ1n) is 7.82. The second kappa shape index (κ2) is 7.17. The lowest BCUT2D eigenvalue weighted by molar-refractivity contribution is -0.149. The van der Waals surface area contributed by atoms with Crippen LogP contribution in [0.1, 0.15) is 12.0 Å². The van der Waals surface area contributed by atoms with Crippen LogP contribution in [0.3, 0.4) is 0 Å². The smallest absolute Gasteiger partial charge is 0.311 e. The van der Waals surface area contributed by atoms with E-state index in [-0.39, 0.29) is 24.9 Å². The highest BCUT2D eigenvalue weighted by Gasteiger charge is 2.36. The summed E-state index contributed by atoms with van der Waals surface area (Å²) >= 11 is 0. The third-order valence-corrected chi connectivity index (χ3v) is 4.07. The van der Waals surface area contributed by atoms with E-state index in [1.165, 1.54) is 0 Å². The van der Waals surface area contributed by atoms with Gasteiger partial charge in [-0.2, -0.15) is 0 Å². The molecule has 0 spiro atoms. The zero-order valence-electron chi connectivity index (χ0n) is 13.5. The van der Waals surface area contributed by atoms with Crippen molar-refractivity contribution in [3.8, 4) is 5.75 Å². The zero-order valence-corrected chi connectivity index (χ0v) is 13.5. The van der Waals surface area contributed by atoms with Crippen LogP contribution >= 0.6 is 0 Å². The van der Waals surface area contributed by atoms with E-state index in [9.17, 15) is 9.59 Å². The average Bonchev–Trinajstić information content (AvgIpc) is 3.02. The molecule has 1 unspecified atom stereocenters. The number of hydrogen-bond donors (Lipinski definition) is 0. The fourth-order valence-electron chi connectivity index (χ4n) is 2.72. The predicted octanol–water partition coefficient (Wildman–Crippen LogP) is 2.79. The third-order valence-electron chi connectivity index (χ3n) is 4.07. The summed E-state index contributed by atoms with van der Waals surface area (Å²) in [6.07, 6.45) is 0.191. The lowest BCUT2D eigenvalue weighted by Gasteiger charge is -2.16. The molecule has 0 aromatic heterocycles. The van der Waals surface area contributed by atoms with Crippen molar-refractivity contribution in [2.45, 2.75) is 13.0 Å². The highest BCUT2D eigenvalue weighted by molar-refractivity contribution is 5.99. The van der Waals surface area contributed by atoms with E-state index in [2.05, 4.69) is 0 Å². The maximum atomic E-state index is 12.2. The molecule has 1 saturated heterocycles. The van der Waals surface area contributed by atoms with E-state index in [1.54, 1.807) is 12.0 Å². The van der Waals surface area contributed by atoms with E-state index in [4.69, 9.17) is 9.47 Å². The molecule has 124 valence electrons. The molecule has 0 saturated carbocycles. The molecule has 1 atom stereocenters. The van der Waals surface area contributed by atoms with Gasteiger partial charge >= 0.3 is 5.97 Å². The van der Waals surface area contributed by atoms with Crippen LogP contribution in [-0.2, 0) is 20.9 Å². The Morgan fingerprint density at radius 2 is 1.83 bits per heavy atom. The minimum Gasteiger partial charge on any atom is -0.497 e. The molecule has 5 nitrogen and oxygen atoms in total. The summed E-state index contributed by atoms with van der Waals surface area (Å²) in [4.78, 5) is 26.0. The first-order valence-corrected chi connectivity index (χ1v) is 7.82. The number of para-hydroxylation sites is 1. The van der Waals surface area contributed by atoms with Gasteiger partial charge in [-0.1, -0.05) is 30.3 Å². The van der Waals surface area contributed by atoms with Crippen molar-refractivity contribution in [1.82, 2.24) is 0 Å². The maximum absolute atomic E-state index is 12.2. The van der Waals surface area contributed by atoms with Crippen molar-refractivity contribution in [3.05, 3.63) is 60.2 Å². The van der Waals surface area contributed by atoms with E-state index in [1.807, 2.05) is 54.6 Å². The van der Waals surface area contributed by atoms with Crippen molar-refractivity contribution in [3.63, 3.8) is 0 Å². The molecule has 1 fully saturated rings. The summed E-state index contributed by atoms with van der Waals surface area (Å²) < 4.78 is 10.5. The molecular formula is C19H19NO4. The van der Waals surface area contributed by atoms with Gasteiger partial charge in [0, 0.05) is 18.7 Å². The molecular weight excluding hydrogens is 306 g/mol. The van der Waals surface area contributed by atoms with Gasteiger partial charge in [0.2, 0.25) is 5.91 Å². The Hall–Kier alpha value is -2.82. The number of hydrogen-bond acceptors (Lipinski definition) is 4. The topological polar surface area (TPSA) is 55.8 Å². The summed E-state index contributed by atoms with van der Waals surface area (Å²) in [6, 6.07) is 16.7. The second-order valence-electron chi connectivity index (χ2n) is 5.70. The fourth-order valence-corrected chi connectivity index (χ4v) is 2.72. The molecule has 1 aliphatic rings. The lowest BCUT2D eigenvalue weighted by atomic mass is 10.1. The number of nitrogens with zero attached hydrogens (tertiary/aromatic N) is 1. The third kappa shape index (κ3) is 3.56. The van der Waals surface area contributed by atoms with Gasteiger partial charge in [-0.15, -0.1) is 0 Å². The number of benzene rings is 2. The maximum Gasteiger partial charge on any atom is 0.311 e. The zero-order chi connectivity index (χ0) is 16.9. The van der Waals surface area contributed by atoms with Crippen LogP contribution in [0.2, 0.25) is 0 Å². The molecule has 3 rings (SSSR count). The number of amides is 1. The van der Waals surface area contributed by atoms with Gasteiger partial charge < -0.3 is 14.4 Å². The average molecular weight is 325 g/mol. The van der Waals surface area contributed by atoms with Crippen molar-refractivity contribution in [1.29, 1.82) is 0 Å². The normalized spacial score (nSPS) is 17.0. The molecule has 24 heavy (non-hydrogen) atoms. The highest BCUT2D eigenvalue weighted by atomic mass is 16.5. The number of rotatable bonds is 5. The van der Waals surface area contributed by atoms with Gasteiger partial charge in [0.15, 0.2) is 0 Å². The van der Waals surface area contributed by atoms with Crippen LogP contribution in [0.5, 0.6) is 5.75 Å². The molecule has 5 heteroatoms. The standard InChI is InChI=1S/C19H19NO4/c1-23-17-9-7-14(8-10-17)13-24-19(22)15-11-18(21)20(12-15)16-5-3-2-4-6-16/h2-10,15H,11-13H2,1H3. The van der Waals surface area contributed by atoms with Gasteiger partial charge in [-0.25, -0.2) is 0 Å². The number of esters is 1. The van der Waals surface area contributed by atoms with E-state index >= 15 is 0 Å². The van der Waals surface area contributed by atoms with Gasteiger partial charge in [0.25, 0.3) is 0 Å². The summed E-state index contributed by atoms with van der Waals surface area (Å²) in [5.74, 6) is -0.0499. The van der Waals surface area contributed by atoms with Gasteiger partial charge in [0.1, 0.15) is 12.4 Å². The Kier molecular flexibility index (Phi) is 4.79. The van der Waals surface area contributed by atoms with Gasteiger partial charge in [-0.05, 0) is 29.8 Å². The Bertz CT molecular complexity index is 712. The number of methoxy groups -OCH3 is 1. The second-order valence-corrected chi connectivity index (χ2v) is 5.70. The van der Waals surface area contributed by atoms with Gasteiger partial charge in [-0.3, -0.25) is 9.59 Å². The Labute approximate surface area is 140 Å². The Morgan fingerprint density at radius 1 is 1.12 bits per heavy atom. The van der Waals surface area contributed by atoms with Crippen LogP contribution in [0.4, 0.5) is 5.69 Å². The van der Waals surface area contributed by atoms with Crippen LogP contribution in [-0.4, -0.2) is 25.5 Å². The van der Waals surface area contributed by atoms with E-state index in [0.29, 0.717) is 6.54 Å². The molecule has 1 amide bonds. The largest absolute Gasteiger partial charge is 0.497 e. The van der Waals surface area contributed by atoms with Gasteiger partial charge in [0.05, 0.1) is 13.0 Å². The van der Waals surface area contributed by atoms with Crippen LogP contribution in [0, 0.1) is 5.92 Å². The van der Waals surface area contributed by atoms with E-state index < -0.39 is 5.92 Å². The van der Waals surface area contributed by atoms with Crippen molar-refractivity contribution >= 4 is 17.6 Å². The summed E-state index contributed by atoms with van der Waals surface area (Å²) in [7, 11) is 1.60. The first-order chi connectivity index (χ1) is 11.7. The number of carbonyl (C=O) groups excluding carboxylic acids is 2. The number of carbonyl (C=O) groups is 2. The minimum absolute atomic E-state index is 0.0485. The summed E-state index contributed by atoms with van der Waals surface area (Å²) in [6.45, 7) is 0.559. The van der Waals surface area contributed by atoms with E-state index in [0.717, 1.165) is 17.0 Å². The molecule has 1 heterocycles. The molecule has 1 aliphatic heterocycles. The Morgan fingerprint density at radius 3 is 2.50 bits per heavy atom. The van der Waals surface area contributed by atoms with Crippen molar-refractivity contribution in [2.24, 2.45) is 5.92 Å².